The van der Waals surface area contributed by atoms with E-state index < -0.39 is 5.97 Å². The number of hydrogen-bond donors (Lipinski definition) is 1. The number of benzene rings is 2. The normalized spacial score (nSPS) is 10.4. The lowest BCUT2D eigenvalue weighted by Crippen LogP contribution is -2.16. The maximum atomic E-state index is 12.7. The summed E-state index contributed by atoms with van der Waals surface area (Å²) >= 11 is 1.30. The molecule has 0 saturated carbocycles. The fraction of sp³-hybridized carbons (Fsp3) is 0.250. The highest BCUT2D eigenvalue weighted by molar-refractivity contribution is 7.15. The molecule has 3 aromatic rings. The molecular weight excluding hydrogens is 414 g/mol. The minimum atomic E-state index is -0.465. The minimum absolute atomic E-state index is 0.183. The topological polar surface area (TPSA) is 73.9 Å². The van der Waals surface area contributed by atoms with Crippen LogP contribution < -0.4 is 14.8 Å². The number of rotatable bonds is 9. The standard InChI is InChI=1S/C24H25NO5S/c1-4-29-19-12-8-17(9-13-19)20-15-31-23(22(20)24(27)30-5-2)25-21(26)14-16-6-10-18(28-3)11-7-16/h6-13,15H,4-5,14H2,1-3H3,(H,25,26). The van der Waals surface area contributed by atoms with Crippen LogP contribution in [0.4, 0.5) is 5.00 Å². The lowest BCUT2D eigenvalue weighted by Gasteiger charge is -2.10. The number of nitrogens with one attached hydrogen (secondary N) is 1. The molecule has 0 atom stereocenters. The average Bonchev–Trinajstić information content (AvgIpc) is 3.18. The van der Waals surface area contributed by atoms with Crippen molar-refractivity contribution in [3.05, 3.63) is 65.0 Å². The SMILES string of the molecule is CCOC(=O)c1c(-c2ccc(OCC)cc2)csc1NC(=O)Cc1ccc(OC)cc1. The van der Waals surface area contributed by atoms with Crippen molar-refractivity contribution < 1.29 is 23.8 Å². The maximum Gasteiger partial charge on any atom is 0.341 e. The second-order valence-electron chi connectivity index (χ2n) is 6.60. The first-order valence-electron chi connectivity index (χ1n) is 10.00. The molecular formula is C24H25NO5S. The molecule has 0 fully saturated rings. The highest BCUT2D eigenvalue weighted by Gasteiger charge is 2.23. The number of ether oxygens (including phenoxy) is 3. The zero-order valence-electron chi connectivity index (χ0n) is 17.8. The van der Waals surface area contributed by atoms with Crippen LogP contribution in [0.1, 0.15) is 29.8 Å². The number of carbonyl (C=O) groups is 2. The van der Waals surface area contributed by atoms with E-state index in [-0.39, 0.29) is 18.9 Å². The summed E-state index contributed by atoms with van der Waals surface area (Å²) in [5.41, 5.74) is 2.77. The molecule has 2 aromatic carbocycles. The Morgan fingerprint density at radius 1 is 0.935 bits per heavy atom. The third-order valence-corrected chi connectivity index (χ3v) is 5.42. The van der Waals surface area contributed by atoms with Crippen LogP contribution >= 0.6 is 11.3 Å². The van der Waals surface area contributed by atoms with Crippen LogP contribution in [0, 0.1) is 0 Å². The van der Waals surface area contributed by atoms with Crippen molar-refractivity contribution in [3.8, 4) is 22.6 Å². The first-order chi connectivity index (χ1) is 15.0. The number of thiophene rings is 1. The van der Waals surface area contributed by atoms with Crippen LogP contribution in [0.5, 0.6) is 11.5 Å². The molecule has 6 nitrogen and oxygen atoms in total. The van der Waals surface area contributed by atoms with E-state index in [9.17, 15) is 9.59 Å². The van der Waals surface area contributed by atoms with E-state index >= 15 is 0 Å². The Kier molecular flexibility index (Phi) is 7.67. The second-order valence-corrected chi connectivity index (χ2v) is 7.48. The lowest BCUT2D eigenvalue weighted by atomic mass is 10.0. The fourth-order valence-corrected chi connectivity index (χ4v) is 4.04. The number of esters is 1. The molecule has 0 unspecified atom stereocenters. The fourth-order valence-electron chi connectivity index (χ4n) is 3.07. The Balaban J connectivity index is 1.83. The first-order valence-corrected chi connectivity index (χ1v) is 10.9. The van der Waals surface area contributed by atoms with Crippen molar-refractivity contribution in [1.29, 1.82) is 0 Å². The highest BCUT2D eigenvalue weighted by Crippen LogP contribution is 2.37. The molecule has 0 aliphatic carbocycles. The maximum absolute atomic E-state index is 12.7. The van der Waals surface area contributed by atoms with E-state index in [2.05, 4.69) is 5.32 Å². The van der Waals surface area contributed by atoms with Crippen LogP contribution in [0.3, 0.4) is 0 Å². The molecule has 1 aromatic heterocycles. The van der Waals surface area contributed by atoms with Gasteiger partial charge in [0, 0.05) is 10.9 Å². The van der Waals surface area contributed by atoms with E-state index in [1.807, 2.05) is 60.8 Å². The molecule has 1 amide bonds. The predicted molar refractivity (Wildman–Crippen MR) is 122 cm³/mol. The van der Waals surface area contributed by atoms with Crippen LogP contribution in [0.2, 0.25) is 0 Å². The minimum Gasteiger partial charge on any atom is -0.497 e. The molecule has 3 rings (SSSR count). The van der Waals surface area contributed by atoms with Gasteiger partial charge >= 0.3 is 5.97 Å². The first kappa shape index (κ1) is 22.4. The van der Waals surface area contributed by atoms with Crippen molar-refractivity contribution in [2.45, 2.75) is 20.3 Å². The summed E-state index contributed by atoms with van der Waals surface area (Å²) in [7, 11) is 1.59. The lowest BCUT2D eigenvalue weighted by molar-refractivity contribution is -0.115. The molecule has 0 bridgehead atoms. The number of anilines is 1. The van der Waals surface area contributed by atoms with Crippen molar-refractivity contribution >= 4 is 28.2 Å². The second kappa shape index (κ2) is 10.6. The van der Waals surface area contributed by atoms with E-state index in [1.54, 1.807) is 14.0 Å². The van der Waals surface area contributed by atoms with Crippen molar-refractivity contribution in [3.63, 3.8) is 0 Å². The highest BCUT2D eigenvalue weighted by atomic mass is 32.1. The van der Waals surface area contributed by atoms with Gasteiger partial charge in [0.25, 0.3) is 0 Å². The quantitative estimate of drug-likeness (QED) is 0.465. The van der Waals surface area contributed by atoms with Crippen molar-refractivity contribution in [2.75, 3.05) is 25.6 Å². The van der Waals surface area contributed by atoms with Crippen molar-refractivity contribution in [2.24, 2.45) is 0 Å². The Morgan fingerprint density at radius 3 is 2.23 bits per heavy atom. The average molecular weight is 440 g/mol. The van der Waals surface area contributed by atoms with Gasteiger partial charge in [-0.15, -0.1) is 11.3 Å². The van der Waals surface area contributed by atoms with Crippen LogP contribution in [-0.2, 0) is 16.0 Å². The summed E-state index contributed by atoms with van der Waals surface area (Å²) in [5.74, 6) is 0.808. The Bertz CT molecular complexity index is 1030. The number of carbonyl (C=O) groups excluding carboxylic acids is 2. The van der Waals surface area contributed by atoms with Gasteiger partial charge in [-0.3, -0.25) is 4.79 Å². The zero-order valence-corrected chi connectivity index (χ0v) is 18.6. The summed E-state index contributed by atoms with van der Waals surface area (Å²) < 4.78 is 15.9. The van der Waals surface area contributed by atoms with Gasteiger partial charge < -0.3 is 19.5 Å². The third kappa shape index (κ3) is 5.64. The number of amides is 1. The molecule has 0 saturated heterocycles. The summed E-state index contributed by atoms with van der Waals surface area (Å²) in [6.07, 6.45) is 0.183. The van der Waals surface area contributed by atoms with E-state index in [4.69, 9.17) is 14.2 Å². The van der Waals surface area contributed by atoms with E-state index in [0.29, 0.717) is 22.7 Å². The van der Waals surface area contributed by atoms with E-state index in [1.165, 1.54) is 11.3 Å². The van der Waals surface area contributed by atoms with Gasteiger partial charge in [-0.25, -0.2) is 4.79 Å². The zero-order chi connectivity index (χ0) is 22.2. The van der Waals surface area contributed by atoms with Gasteiger partial charge in [0.2, 0.25) is 5.91 Å². The number of methoxy groups -OCH3 is 1. The summed E-state index contributed by atoms with van der Waals surface area (Å²) in [6.45, 7) is 4.50. The van der Waals surface area contributed by atoms with Crippen molar-refractivity contribution in [1.82, 2.24) is 0 Å². The monoisotopic (exact) mass is 439 g/mol. The Labute approximate surface area is 185 Å². The van der Waals surface area contributed by atoms with Gasteiger partial charge in [-0.05, 0) is 49.2 Å². The van der Waals surface area contributed by atoms with Gasteiger partial charge in [0.15, 0.2) is 0 Å². The molecule has 31 heavy (non-hydrogen) atoms. The molecule has 1 N–H and O–H groups in total. The van der Waals surface area contributed by atoms with Gasteiger partial charge in [-0.1, -0.05) is 24.3 Å². The molecule has 0 aliphatic rings. The molecule has 0 spiro atoms. The Morgan fingerprint density at radius 2 is 1.61 bits per heavy atom. The van der Waals surface area contributed by atoms with E-state index in [0.717, 1.165) is 22.6 Å². The number of hydrogen-bond acceptors (Lipinski definition) is 6. The molecule has 0 aliphatic heterocycles. The summed E-state index contributed by atoms with van der Waals surface area (Å²) in [6, 6.07) is 14.8. The smallest absolute Gasteiger partial charge is 0.341 e. The summed E-state index contributed by atoms with van der Waals surface area (Å²) in [4.78, 5) is 25.3. The van der Waals surface area contributed by atoms with Crippen LogP contribution in [-0.4, -0.2) is 32.2 Å². The summed E-state index contributed by atoms with van der Waals surface area (Å²) in [5, 5.41) is 5.20. The molecule has 1 heterocycles. The molecule has 162 valence electrons. The Hall–Kier alpha value is -3.32. The molecule has 0 radical (unpaired) electrons. The molecule has 7 heteroatoms. The van der Waals surface area contributed by atoms with Gasteiger partial charge in [0.05, 0.1) is 26.7 Å². The largest absolute Gasteiger partial charge is 0.497 e. The third-order valence-electron chi connectivity index (χ3n) is 4.52. The van der Waals surface area contributed by atoms with Gasteiger partial charge in [-0.2, -0.15) is 0 Å². The van der Waals surface area contributed by atoms with Gasteiger partial charge in [0.1, 0.15) is 22.1 Å². The predicted octanol–water partition coefficient (Wildman–Crippen LogP) is 5.18. The van der Waals surface area contributed by atoms with Crippen LogP contribution in [0.15, 0.2) is 53.9 Å². The van der Waals surface area contributed by atoms with Crippen LogP contribution in [0.25, 0.3) is 11.1 Å².